The van der Waals surface area contributed by atoms with E-state index in [4.69, 9.17) is 18.7 Å². The Morgan fingerprint density at radius 2 is 1.97 bits per heavy atom. The fraction of sp³-hybridized carbons (Fsp3) is 0.429. The molecule has 0 saturated heterocycles. The van der Waals surface area contributed by atoms with Crippen molar-refractivity contribution in [1.82, 2.24) is 10.1 Å². The molecule has 0 saturated carbocycles. The highest BCUT2D eigenvalue weighted by Crippen LogP contribution is 2.29. The van der Waals surface area contributed by atoms with E-state index in [9.17, 15) is 10.1 Å². The third kappa shape index (κ3) is 8.42. The SMILES string of the molecule is C=C(CC)C(=CC=C(CC)OCCCC(=O)OCC)c1noc(-c2ccc(OC(C)C)c(C#N)c2)n1. The van der Waals surface area contributed by atoms with Gasteiger partial charge in [0.25, 0.3) is 5.89 Å². The second kappa shape index (κ2) is 14.5. The van der Waals surface area contributed by atoms with Crippen LogP contribution < -0.4 is 4.74 Å². The van der Waals surface area contributed by atoms with Crippen LogP contribution in [0.15, 0.2) is 52.8 Å². The van der Waals surface area contributed by atoms with E-state index in [1.807, 2.05) is 39.8 Å². The molecule has 2 aromatic rings. The van der Waals surface area contributed by atoms with Crippen LogP contribution in [0.3, 0.4) is 0 Å². The Morgan fingerprint density at radius 1 is 1.19 bits per heavy atom. The fourth-order valence-corrected chi connectivity index (χ4v) is 3.20. The summed E-state index contributed by atoms with van der Waals surface area (Å²) in [5.74, 6) is 1.74. The van der Waals surface area contributed by atoms with Gasteiger partial charge in [-0.05, 0) is 69.5 Å². The molecule has 0 unspecified atom stereocenters. The molecule has 0 aliphatic carbocycles. The van der Waals surface area contributed by atoms with Crippen molar-refractivity contribution in [3.05, 3.63) is 59.7 Å². The molecule has 1 aromatic carbocycles. The molecule has 8 heteroatoms. The Balaban J connectivity index is 2.22. The third-order valence-electron chi connectivity index (χ3n) is 5.09. The maximum absolute atomic E-state index is 11.5. The van der Waals surface area contributed by atoms with Gasteiger partial charge in [-0.3, -0.25) is 4.79 Å². The Kier molecular flexibility index (Phi) is 11.4. The number of nitriles is 1. The van der Waals surface area contributed by atoms with Crippen LogP contribution in [0.4, 0.5) is 0 Å². The number of hydrogen-bond acceptors (Lipinski definition) is 8. The molecule has 0 radical (unpaired) electrons. The Labute approximate surface area is 213 Å². The average molecular weight is 494 g/mol. The quantitative estimate of drug-likeness (QED) is 0.129. The number of ether oxygens (including phenoxy) is 3. The summed E-state index contributed by atoms with van der Waals surface area (Å²) in [6.07, 6.45) is 5.96. The van der Waals surface area contributed by atoms with Crippen LogP contribution in [0.25, 0.3) is 17.0 Å². The van der Waals surface area contributed by atoms with Gasteiger partial charge in [-0.1, -0.05) is 25.6 Å². The van der Waals surface area contributed by atoms with E-state index in [2.05, 4.69) is 22.8 Å². The number of esters is 1. The molecule has 2 rings (SSSR count). The molecular weight excluding hydrogens is 458 g/mol. The maximum atomic E-state index is 11.5. The average Bonchev–Trinajstić information content (AvgIpc) is 3.35. The number of aromatic nitrogens is 2. The minimum atomic E-state index is -0.221. The van der Waals surface area contributed by atoms with Gasteiger partial charge >= 0.3 is 5.97 Å². The van der Waals surface area contributed by atoms with Gasteiger partial charge in [0, 0.05) is 24.0 Å². The summed E-state index contributed by atoms with van der Waals surface area (Å²) < 4.78 is 22.0. The first-order valence-electron chi connectivity index (χ1n) is 12.2. The van der Waals surface area contributed by atoms with E-state index in [0.29, 0.717) is 67.5 Å². The van der Waals surface area contributed by atoms with Crippen molar-refractivity contribution < 1.29 is 23.5 Å². The zero-order chi connectivity index (χ0) is 26.5. The van der Waals surface area contributed by atoms with Crippen molar-refractivity contribution in [2.24, 2.45) is 0 Å². The van der Waals surface area contributed by atoms with Crippen LogP contribution in [0, 0.1) is 11.3 Å². The molecule has 192 valence electrons. The van der Waals surface area contributed by atoms with E-state index in [0.717, 1.165) is 16.9 Å². The lowest BCUT2D eigenvalue weighted by Gasteiger charge is -2.11. The highest BCUT2D eigenvalue weighted by atomic mass is 16.5. The van der Waals surface area contributed by atoms with Gasteiger partial charge in [0.05, 0.1) is 30.6 Å². The molecule has 0 aliphatic rings. The topological polar surface area (TPSA) is 107 Å². The van der Waals surface area contributed by atoms with Gasteiger partial charge in [0.15, 0.2) is 0 Å². The van der Waals surface area contributed by atoms with Crippen LogP contribution >= 0.6 is 0 Å². The van der Waals surface area contributed by atoms with Gasteiger partial charge in [-0.25, -0.2) is 0 Å². The molecule has 0 bridgehead atoms. The number of allylic oxidation sites excluding steroid dienone is 5. The van der Waals surface area contributed by atoms with E-state index in [1.54, 1.807) is 25.1 Å². The molecule has 0 fully saturated rings. The van der Waals surface area contributed by atoms with E-state index in [1.165, 1.54) is 0 Å². The molecule has 1 aromatic heterocycles. The smallest absolute Gasteiger partial charge is 0.305 e. The first-order chi connectivity index (χ1) is 17.3. The highest BCUT2D eigenvalue weighted by molar-refractivity contribution is 5.76. The maximum Gasteiger partial charge on any atom is 0.305 e. The molecule has 1 heterocycles. The molecular formula is C28H35N3O5. The van der Waals surface area contributed by atoms with Crippen molar-refractivity contribution in [2.45, 2.75) is 66.4 Å². The number of carbonyl (C=O) groups excluding carboxylic acids is 1. The second-order valence-corrected chi connectivity index (χ2v) is 8.19. The van der Waals surface area contributed by atoms with Gasteiger partial charge in [-0.2, -0.15) is 10.2 Å². The van der Waals surface area contributed by atoms with Gasteiger partial charge < -0.3 is 18.7 Å². The minimum Gasteiger partial charge on any atom is -0.498 e. The predicted octanol–water partition coefficient (Wildman–Crippen LogP) is 6.40. The predicted molar refractivity (Wildman–Crippen MR) is 138 cm³/mol. The summed E-state index contributed by atoms with van der Waals surface area (Å²) in [4.78, 5) is 16.0. The summed E-state index contributed by atoms with van der Waals surface area (Å²) in [6, 6.07) is 7.34. The normalized spacial score (nSPS) is 11.8. The Bertz CT molecular complexity index is 1140. The van der Waals surface area contributed by atoms with Crippen LogP contribution in [-0.4, -0.2) is 35.4 Å². The number of nitrogens with zero attached hydrogens (tertiary/aromatic N) is 3. The molecule has 0 amide bonds. The fourth-order valence-electron chi connectivity index (χ4n) is 3.20. The Hall–Kier alpha value is -3.86. The van der Waals surface area contributed by atoms with Crippen LogP contribution in [0.5, 0.6) is 5.75 Å². The molecule has 36 heavy (non-hydrogen) atoms. The van der Waals surface area contributed by atoms with Gasteiger partial charge in [-0.15, -0.1) is 0 Å². The Morgan fingerprint density at radius 3 is 2.61 bits per heavy atom. The molecule has 0 aliphatic heterocycles. The molecule has 0 spiro atoms. The van der Waals surface area contributed by atoms with Gasteiger partial charge in [0.1, 0.15) is 11.8 Å². The molecule has 0 atom stereocenters. The van der Waals surface area contributed by atoms with Crippen LogP contribution in [0.2, 0.25) is 0 Å². The van der Waals surface area contributed by atoms with Crippen LogP contribution in [-0.2, 0) is 14.3 Å². The summed E-state index contributed by atoms with van der Waals surface area (Å²) in [5, 5.41) is 13.7. The van der Waals surface area contributed by atoms with E-state index < -0.39 is 0 Å². The lowest BCUT2D eigenvalue weighted by Crippen LogP contribution is -2.06. The number of benzene rings is 1. The number of hydrogen-bond donors (Lipinski definition) is 0. The first-order valence-corrected chi connectivity index (χ1v) is 12.2. The van der Waals surface area contributed by atoms with Crippen molar-refractivity contribution in [3.63, 3.8) is 0 Å². The second-order valence-electron chi connectivity index (χ2n) is 8.19. The van der Waals surface area contributed by atoms with E-state index >= 15 is 0 Å². The number of carbonyl (C=O) groups is 1. The summed E-state index contributed by atoms with van der Waals surface area (Å²) in [6.45, 7) is 14.5. The van der Waals surface area contributed by atoms with Crippen molar-refractivity contribution in [3.8, 4) is 23.3 Å². The highest BCUT2D eigenvalue weighted by Gasteiger charge is 2.16. The van der Waals surface area contributed by atoms with Crippen molar-refractivity contribution in [1.29, 1.82) is 5.26 Å². The van der Waals surface area contributed by atoms with Gasteiger partial charge in [0.2, 0.25) is 5.82 Å². The van der Waals surface area contributed by atoms with Crippen molar-refractivity contribution >= 4 is 11.5 Å². The van der Waals surface area contributed by atoms with Crippen LogP contribution in [0.1, 0.15) is 71.7 Å². The zero-order valence-corrected chi connectivity index (χ0v) is 21.8. The summed E-state index contributed by atoms with van der Waals surface area (Å²) in [7, 11) is 0. The number of rotatable bonds is 14. The standard InChI is InChI=1S/C28H35N3O5/c1-7-20(6)24(14-13-23(8-2)34-16-10-11-26(32)33-9-3)27-30-28(36-31-27)21-12-15-25(35-19(4)5)22(17-21)18-29/h12-15,17,19H,6-11,16H2,1-5H3. The van der Waals surface area contributed by atoms with E-state index in [-0.39, 0.29) is 12.1 Å². The third-order valence-corrected chi connectivity index (χ3v) is 5.09. The lowest BCUT2D eigenvalue weighted by molar-refractivity contribution is -0.143. The van der Waals surface area contributed by atoms with Crippen molar-refractivity contribution in [2.75, 3.05) is 13.2 Å². The monoisotopic (exact) mass is 493 g/mol. The summed E-state index contributed by atoms with van der Waals surface area (Å²) in [5.41, 5.74) is 2.59. The minimum absolute atomic E-state index is 0.0479. The largest absolute Gasteiger partial charge is 0.498 e. The molecule has 0 N–H and O–H groups in total. The first kappa shape index (κ1) is 28.4. The zero-order valence-electron chi connectivity index (χ0n) is 21.8. The summed E-state index contributed by atoms with van der Waals surface area (Å²) >= 11 is 0. The lowest BCUT2D eigenvalue weighted by atomic mass is 10.0. The molecule has 8 nitrogen and oxygen atoms in total.